The number of halogens is 3. The predicted octanol–water partition coefficient (Wildman–Crippen LogP) is 4.59. The molecule has 31 heavy (non-hydrogen) atoms. The molecule has 0 aliphatic heterocycles. The van der Waals surface area contributed by atoms with Crippen molar-refractivity contribution in [2.75, 3.05) is 5.32 Å². The first-order valence-corrected chi connectivity index (χ1v) is 9.82. The van der Waals surface area contributed by atoms with Crippen LogP contribution in [0.5, 0.6) is 0 Å². The van der Waals surface area contributed by atoms with Crippen LogP contribution in [0.25, 0.3) is 22.2 Å². The highest BCUT2D eigenvalue weighted by Crippen LogP contribution is 2.36. The van der Waals surface area contributed by atoms with Crippen LogP contribution in [-0.4, -0.2) is 15.5 Å². The lowest BCUT2D eigenvalue weighted by Gasteiger charge is -2.13. The fourth-order valence-electron chi connectivity index (χ4n) is 3.24. The number of hydrogen-bond donors (Lipinski definition) is 2. The molecule has 0 spiro atoms. The Morgan fingerprint density at radius 1 is 1.23 bits per heavy atom. The van der Waals surface area contributed by atoms with Crippen LogP contribution in [-0.2, 0) is 17.5 Å². The maximum Gasteiger partial charge on any atom is 0.416 e. The van der Waals surface area contributed by atoms with Crippen LogP contribution in [0.15, 0.2) is 58.8 Å². The quantitative estimate of drug-likeness (QED) is 0.485. The van der Waals surface area contributed by atoms with Gasteiger partial charge in [0.2, 0.25) is 5.91 Å². The number of fused-ring (bicyclic) bond motifs is 1. The first-order chi connectivity index (χ1) is 14.8. The molecular formula is C21H13F3N4O2S. The van der Waals surface area contributed by atoms with Crippen molar-refractivity contribution in [2.24, 2.45) is 0 Å². The number of amides is 1. The number of rotatable bonds is 4. The summed E-state index contributed by atoms with van der Waals surface area (Å²) in [6.45, 7) is -0.397. The Bertz CT molecular complexity index is 1380. The zero-order chi connectivity index (χ0) is 22.2. The molecule has 0 atom stereocenters. The van der Waals surface area contributed by atoms with E-state index >= 15 is 0 Å². The highest BCUT2D eigenvalue weighted by Gasteiger charge is 2.30. The molecule has 0 unspecified atom stereocenters. The van der Waals surface area contributed by atoms with Crippen LogP contribution < -0.4 is 10.9 Å². The Kier molecular flexibility index (Phi) is 5.12. The average molecular weight is 442 g/mol. The number of H-pyrrole nitrogens is 1. The van der Waals surface area contributed by atoms with E-state index in [2.05, 4.69) is 16.4 Å². The van der Waals surface area contributed by atoms with Gasteiger partial charge in [0.05, 0.1) is 22.2 Å². The van der Waals surface area contributed by atoms with Crippen molar-refractivity contribution in [3.05, 3.63) is 75.5 Å². The van der Waals surface area contributed by atoms with E-state index in [1.807, 2.05) is 0 Å². The van der Waals surface area contributed by atoms with Gasteiger partial charge in [-0.05, 0) is 41.8 Å². The van der Waals surface area contributed by atoms with E-state index in [0.29, 0.717) is 21.8 Å². The van der Waals surface area contributed by atoms with E-state index in [0.717, 1.165) is 34.1 Å². The summed E-state index contributed by atoms with van der Waals surface area (Å²) in [4.78, 5) is 28.0. The number of pyridine rings is 1. The van der Waals surface area contributed by atoms with Crippen LogP contribution in [0.1, 0.15) is 11.1 Å². The van der Waals surface area contributed by atoms with Crippen molar-refractivity contribution in [1.29, 1.82) is 5.26 Å². The topological polar surface area (TPSA) is 90.7 Å². The number of alkyl halides is 3. The lowest BCUT2D eigenvalue weighted by atomic mass is 10.1. The third-order valence-electron chi connectivity index (χ3n) is 4.65. The van der Waals surface area contributed by atoms with E-state index < -0.39 is 29.8 Å². The molecule has 3 aromatic heterocycles. The molecule has 2 N–H and O–H groups in total. The van der Waals surface area contributed by atoms with Crippen LogP contribution >= 0.6 is 11.3 Å². The molecule has 0 aliphatic carbocycles. The number of nitrogens with zero attached hydrogens (tertiary/aromatic N) is 2. The van der Waals surface area contributed by atoms with Gasteiger partial charge in [0.15, 0.2) is 0 Å². The highest BCUT2D eigenvalue weighted by molar-refractivity contribution is 7.15. The van der Waals surface area contributed by atoms with Crippen molar-refractivity contribution in [3.63, 3.8) is 0 Å². The van der Waals surface area contributed by atoms with Gasteiger partial charge in [-0.2, -0.15) is 18.4 Å². The molecule has 1 amide bonds. The first-order valence-electron chi connectivity index (χ1n) is 8.94. The van der Waals surface area contributed by atoms with Gasteiger partial charge < -0.3 is 10.3 Å². The molecule has 156 valence electrons. The third kappa shape index (κ3) is 3.95. The van der Waals surface area contributed by atoms with E-state index in [1.165, 1.54) is 12.1 Å². The molecule has 0 fully saturated rings. The summed E-state index contributed by atoms with van der Waals surface area (Å²) >= 11 is 1.16. The lowest BCUT2D eigenvalue weighted by Crippen LogP contribution is -2.27. The zero-order valence-corrected chi connectivity index (χ0v) is 16.5. The van der Waals surface area contributed by atoms with Crippen LogP contribution in [0.3, 0.4) is 0 Å². The molecule has 1 aromatic carbocycles. The maximum absolute atomic E-state index is 13.0. The summed E-state index contributed by atoms with van der Waals surface area (Å²) in [5.41, 5.74) is 0.415. The van der Waals surface area contributed by atoms with Crippen molar-refractivity contribution < 1.29 is 18.0 Å². The first kappa shape index (κ1) is 20.4. The minimum atomic E-state index is -4.52. The van der Waals surface area contributed by atoms with E-state index in [-0.39, 0.29) is 10.9 Å². The second kappa shape index (κ2) is 7.77. The Morgan fingerprint density at radius 3 is 2.71 bits per heavy atom. The molecule has 0 aliphatic rings. The third-order valence-corrected chi connectivity index (χ3v) is 5.55. The number of nitrogens with one attached hydrogen (secondary N) is 2. The molecule has 0 saturated carbocycles. The zero-order valence-electron chi connectivity index (χ0n) is 15.7. The van der Waals surface area contributed by atoms with E-state index in [4.69, 9.17) is 0 Å². The van der Waals surface area contributed by atoms with Gasteiger partial charge in [-0.15, -0.1) is 11.3 Å². The summed E-state index contributed by atoms with van der Waals surface area (Å²) in [6, 6.07) is 11.0. The maximum atomic E-state index is 13.0. The van der Waals surface area contributed by atoms with Crippen molar-refractivity contribution >= 4 is 33.1 Å². The molecular weight excluding hydrogens is 429 g/mol. The average Bonchev–Trinajstić information content (AvgIpc) is 3.38. The molecule has 3 heterocycles. The second-order valence-corrected chi connectivity index (χ2v) is 7.51. The number of aromatic amines is 1. The van der Waals surface area contributed by atoms with Gasteiger partial charge in [0.25, 0.3) is 5.56 Å². The van der Waals surface area contributed by atoms with E-state index in [9.17, 15) is 28.0 Å². The summed E-state index contributed by atoms with van der Waals surface area (Å²) < 4.78 is 40.0. The Morgan fingerprint density at radius 2 is 2.03 bits per heavy atom. The standard InChI is InChI=1S/C21H13F3N4O2S/c22-21(23,24)14-4-5-16-12(8-14)3-6-18(30)28(16)10-17(29)27-20-19(13(9-25)11-31-20)15-2-1-7-26-15/h1-8,11,26H,10H2,(H,27,29). The van der Waals surface area contributed by atoms with Gasteiger partial charge in [-0.1, -0.05) is 0 Å². The molecule has 4 rings (SSSR count). The van der Waals surface area contributed by atoms with Gasteiger partial charge in [-0.25, -0.2) is 0 Å². The number of benzene rings is 1. The molecule has 0 radical (unpaired) electrons. The summed E-state index contributed by atoms with van der Waals surface area (Å²) in [7, 11) is 0. The minimum absolute atomic E-state index is 0.192. The molecule has 6 nitrogen and oxygen atoms in total. The molecule has 10 heteroatoms. The van der Waals surface area contributed by atoms with Crippen molar-refractivity contribution in [3.8, 4) is 17.3 Å². The van der Waals surface area contributed by atoms with Crippen molar-refractivity contribution in [1.82, 2.24) is 9.55 Å². The molecule has 4 aromatic rings. The normalized spacial score (nSPS) is 11.4. The van der Waals surface area contributed by atoms with Gasteiger partial charge in [-0.3, -0.25) is 14.2 Å². The fourth-order valence-corrected chi connectivity index (χ4v) is 4.16. The molecule has 0 saturated heterocycles. The van der Waals surface area contributed by atoms with Gasteiger partial charge in [0.1, 0.15) is 17.6 Å². The van der Waals surface area contributed by atoms with Crippen LogP contribution in [0.4, 0.5) is 18.2 Å². The summed E-state index contributed by atoms with van der Waals surface area (Å²) in [5, 5.41) is 14.3. The predicted molar refractivity (Wildman–Crippen MR) is 111 cm³/mol. The minimum Gasteiger partial charge on any atom is -0.361 e. The Hall–Kier alpha value is -3.84. The largest absolute Gasteiger partial charge is 0.416 e. The SMILES string of the molecule is N#Cc1csc(NC(=O)Cn2c(=O)ccc3cc(C(F)(F)F)ccc32)c1-c1ccc[nH]1. The summed E-state index contributed by atoms with van der Waals surface area (Å²) in [6.07, 6.45) is -2.83. The lowest BCUT2D eigenvalue weighted by molar-refractivity contribution is -0.137. The highest BCUT2D eigenvalue weighted by atomic mass is 32.1. The second-order valence-electron chi connectivity index (χ2n) is 6.63. The van der Waals surface area contributed by atoms with Crippen LogP contribution in [0, 0.1) is 11.3 Å². The van der Waals surface area contributed by atoms with Crippen molar-refractivity contribution in [2.45, 2.75) is 12.7 Å². The van der Waals surface area contributed by atoms with Crippen LogP contribution in [0.2, 0.25) is 0 Å². The number of hydrogen-bond acceptors (Lipinski definition) is 4. The monoisotopic (exact) mass is 442 g/mol. The number of carbonyl (C=O) groups is 1. The summed E-state index contributed by atoms with van der Waals surface area (Å²) in [5.74, 6) is -0.548. The van der Waals surface area contributed by atoms with Gasteiger partial charge in [0, 0.05) is 23.3 Å². The smallest absolute Gasteiger partial charge is 0.361 e. The number of carbonyl (C=O) groups excluding carboxylic acids is 1. The number of anilines is 1. The number of nitriles is 1. The Balaban J connectivity index is 1.66. The van der Waals surface area contributed by atoms with Gasteiger partial charge >= 0.3 is 6.18 Å². The number of aromatic nitrogens is 2. The fraction of sp³-hybridized carbons (Fsp3) is 0.0952. The van der Waals surface area contributed by atoms with E-state index in [1.54, 1.807) is 23.7 Å². The molecule has 0 bridgehead atoms. The number of thiophene rings is 1. The Labute approximate surface area is 177 Å².